The Morgan fingerprint density at radius 3 is 2.71 bits per heavy atom. The van der Waals surface area contributed by atoms with Gasteiger partial charge in [-0.15, -0.1) is 0 Å². The van der Waals surface area contributed by atoms with E-state index in [1.807, 2.05) is 12.1 Å². The van der Waals surface area contributed by atoms with Crippen LogP contribution >= 0.6 is 0 Å². The average Bonchev–Trinajstić information content (AvgIpc) is 3.49. The van der Waals surface area contributed by atoms with Gasteiger partial charge in [0.2, 0.25) is 0 Å². The SMILES string of the molecule is CCc1ccc(C2=CC/C(=C/C3CC3)C(CCC3CC3)=N2)cc1O. The number of phenolic OH excluding ortho intramolecular Hbond substituents is 1. The molecule has 1 heterocycles. The van der Waals surface area contributed by atoms with Crippen LogP contribution in [0.15, 0.2) is 40.9 Å². The van der Waals surface area contributed by atoms with Gasteiger partial charge in [-0.25, -0.2) is 0 Å². The highest BCUT2D eigenvalue weighted by Crippen LogP contribution is 2.38. The molecule has 4 rings (SSSR count). The zero-order chi connectivity index (χ0) is 16.5. The van der Waals surface area contributed by atoms with E-state index < -0.39 is 0 Å². The summed E-state index contributed by atoms with van der Waals surface area (Å²) >= 11 is 0. The molecule has 0 spiro atoms. The van der Waals surface area contributed by atoms with E-state index in [9.17, 15) is 5.11 Å². The molecular formula is C22H27NO. The Bertz CT molecular complexity index is 717. The molecule has 2 fully saturated rings. The second-order valence-electron chi connectivity index (χ2n) is 7.56. The summed E-state index contributed by atoms with van der Waals surface area (Å²) in [5.41, 5.74) is 5.83. The minimum Gasteiger partial charge on any atom is -0.508 e. The summed E-state index contributed by atoms with van der Waals surface area (Å²) in [5.74, 6) is 2.14. The highest BCUT2D eigenvalue weighted by Gasteiger charge is 2.25. The number of nitrogens with zero attached hydrogens (tertiary/aromatic N) is 1. The first-order valence-corrected chi connectivity index (χ1v) is 9.54. The van der Waals surface area contributed by atoms with Gasteiger partial charge >= 0.3 is 0 Å². The second kappa shape index (κ2) is 6.58. The number of allylic oxidation sites excluding steroid dienone is 3. The van der Waals surface area contributed by atoms with E-state index in [1.165, 1.54) is 43.4 Å². The lowest BCUT2D eigenvalue weighted by atomic mass is 9.95. The normalized spacial score (nSPS) is 22.5. The van der Waals surface area contributed by atoms with Gasteiger partial charge < -0.3 is 5.11 Å². The number of hydrogen-bond acceptors (Lipinski definition) is 2. The molecule has 0 bridgehead atoms. The molecule has 1 aromatic rings. The molecule has 2 nitrogen and oxygen atoms in total. The highest BCUT2D eigenvalue weighted by atomic mass is 16.3. The molecule has 0 aromatic heterocycles. The molecule has 1 N–H and O–H groups in total. The summed E-state index contributed by atoms with van der Waals surface area (Å²) in [6.45, 7) is 2.07. The van der Waals surface area contributed by atoms with Crippen molar-refractivity contribution in [2.24, 2.45) is 16.8 Å². The lowest BCUT2D eigenvalue weighted by molar-refractivity contribution is 0.468. The maximum atomic E-state index is 10.2. The lowest BCUT2D eigenvalue weighted by Crippen LogP contribution is -2.08. The number of aromatic hydroxyl groups is 1. The van der Waals surface area contributed by atoms with Crippen molar-refractivity contribution in [2.75, 3.05) is 0 Å². The molecule has 0 saturated heterocycles. The summed E-state index contributed by atoms with van der Waals surface area (Å²) in [7, 11) is 0. The van der Waals surface area contributed by atoms with Crippen LogP contribution < -0.4 is 0 Å². The fraction of sp³-hybridized carbons (Fsp3) is 0.500. The van der Waals surface area contributed by atoms with Gasteiger partial charge in [0, 0.05) is 11.3 Å². The Hall–Kier alpha value is -1.83. The quantitative estimate of drug-likeness (QED) is 0.719. The van der Waals surface area contributed by atoms with Crippen LogP contribution in [0.4, 0.5) is 0 Å². The van der Waals surface area contributed by atoms with Crippen molar-refractivity contribution in [3.63, 3.8) is 0 Å². The molecule has 0 atom stereocenters. The van der Waals surface area contributed by atoms with Crippen LogP contribution in [0.5, 0.6) is 5.75 Å². The van der Waals surface area contributed by atoms with E-state index in [0.29, 0.717) is 5.75 Å². The monoisotopic (exact) mass is 321 g/mol. The van der Waals surface area contributed by atoms with Crippen LogP contribution in [0, 0.1) is 11.8 Å². The first kappa shape index (κ1) is 15.7. The van der Waals surface area contributed by atoms with Crippen LogP contribution in [-0.2, 0) is 6.42 Å². The number of aryl methyl sites for hydroxylation is 1. The second-order valence-corrected chi connectivity index (χ2v) is 7.56. The first-order valence-electron chi connectivity index (χ1n) is 9.54. The van der Waals surface area contributed by atoms with Crippen LogP contribution in [0.25, 0.3) is 5.70 Å². The third kappa shape index (κ3) is 3.63. The van der Waals surface area contributed by atoms with Gasteiger partial charge in [-0.3, -0.25) is 4.99 Å². The molecule has 2 saturated carbocycles. The fourth-order valence-corrected chi connectivity index (χ4v) is 3.47. The molecule has 0 unspecified atom stereocenters. The summed E-state index contributed by atoms with van der Waals surface area (Å²) in [4.78, 5) is 5.01. The summed E-state index contributed by atoms with van der Waals surface area (Å²) in [6, 6.07) is 6.00. The van der Waals surface area contributed by atoms with E-state index in [-0.39, 0.29) is 0 Å². The number of benzene rings is 1. The van der Waals surface area contributed by atoms with E-state index in [1.54, 1.807) is 0 Å². The van der Waals surface area contributed by atoms with Crippen molar-refractivity contribution < 1.29 is 5.11 Å². The molecule has 2 heteroatoms. The van der Waals surface area contributed by atoms with Gasteiger partial charge in [-0.1, -0.05) is 44.1 Å². The van der Waals surface area contributed by atoms with Crippen molar-refractivity contribution >= 4 is 11.4 Å². The summed E-state index contributed by atoms with van der Waals surface area (Å²) in [5, 5.41) is 10.2. The number of rotatable bonds is 6. The Morgan fingerprint density at radius 1 is 1.21 bits per heavy atom. The van der Waals surface area contributed by atoms with Crippen LogP contribution in [0.3, 0.4) is 0 Å². The van der Waals surface area contributed by atoms with E-state index in [2.05, 4.69) is 25.1 Å². The molecule has 1 aliphatic heterocycles. The largest absolute Gasteiger partial charge is 0.508 e. The number of aliphatic imine (C=N–C) groups is 1. The summed E-state index contributed by atoms with van der Waals surface area (Å²) in [6.07, 6.45) is 14.5. The Kier molecular flexibility index (Phi) is 4.30. The maximum absolute atomic E-state index is 10.2. The Balaban J connectivity index is 1.58. The number of phenols is 1. The average molecular weight is 321 g/mol. The van der Waals surface area contributed by atoms with Gasteiger partial charge in [0.05, 0.1) is 5.70 Å². The van der Waals surface area contributed by atoms with Gasteiger partial charge in [0.1, 0.15) is 5.75 Å². The van der Waals surface area contributed by atoms with Crippen LogP contribution in [0.1, 0.15) is 63.0 Å². The van der Waals surface area contributed by atoms with Crippen molar-refractivity contribution in [1.82, 2.24) is 0 Å². The van der Waals surface area contributed by atoms with Crippen LogP contribution in [0.2, 0.25) is 0 Å². The first-order chi connectivity index (χ1) is 11.7. The van der Waals surface area contributed by atoms with Crippen molar-refractivity contribution in [3.05, 3.63) is 47.1 Å². The van der Waals surface area contributed by atoms with Crippen molar-refractivity contribution in [1.29, 1.82) is 0 Å². The molecule has 24 heavy (non-hydrogen) atoms. The molecule has 3 aliphatic rings. The smallest absolute Gasteiger partial charge is 0.119 e. The lowest BCUT2D eigenvalue weighted by Gasteiger charge is -2.17. The molecule has 126 valence electrons. The van der Waals surface area contributed by atoms with E-state index in [4.69, 9.17) is 4.99 Å². The zero-order valence-electron chi connectivity index (χ0n) is 14.6. The zero-order valence-corrected chi connectivity index (χ0v) is 14.6. The van der Waals surface area contributed by atoms with Gasteiger partial charge in [0.25, 0.3) is 0 Å². The summed E-state index contributed by atoms with van der Waals surface area (Å²) < 4.78 is 0. The van der Waals surface area contributed by atoms with E-state index >= 15 is 0 Å². The third-order valence-electron chi connectivity index (χ3n) is 5.45. The molecule has 1 aromatic carbocycles. The van der Waals surface area contributed by atoms with Gasteiger partial charge in [-0.05, 0) is 67.6 Å². The van der Waals surface area contributed by atoms with Gasteiger partial charge in [0.15, 0.2) is 0 Å². The molecule has 0 amide bonds. The molecule has 2 aliphatic carbocycles. The number of hydrogen-bond donors (Lipinski definition) is 1. The van der Waals surface area contributed by atoms with E-state index in [0.717, 1.165) is 47.9 Å². The van der Waals surface area contributed by atoms with Crippen LogP contribution in [-0.4, -0.2) is 10.8 Å². The fourth-order valence-electron chi connectivity index (χ4n) is 3.47. The Morgan fingerprint density at radius 2 is 2.04 bits per heavy atom. The predicted molar refractivity (Wildman–Crippen MR) is 100 cm³/mol. The predicted octanol–water partition coefficient (Wildman–Crippen LogP) is 5.67. The van der Waals surface area contributed by atoms with Gasteiger partial charge in [-0.2, -0.15) is 0 Å². The minimum atomic E-state index is 0.393. The topological polar surface area (TPSA) is 32.6 Å². The maximum Gasteiger partial charge on any atom is 0.119 e. The standard InChI is InChI=1S/C22H27NO/c1-2-17-8-9-19(14-22(17)24)21-12-10-18(13-16-5-6-16)20(23-21)11-7-15-3-4-15/h8-9,12-16,24H,2-7,10-11H2,1H3/b18-13-. The van der Waals surface area contributed by atoms with Crippen molar-refractivity contribution in [2.45, 2.75) is 58.3 Å². The molecule has 0 radical (unpaired) electrons. The molecular weight excluding hydrogens is 294 g/mol. The highest BCUT2D eigenvalue weighted by molar-refractivity contribution is 6.05. The Labute approximate surface area is 145 Å². The third-order valence-corrected chi connectivity index (χ3v) is 5.45. The minimum absolute atomic E-state index is 0.393. The van der Waals surface area contributed by atoms with Crippen molar-refractivity contribution in [3.8, 4) is 5.75 Å².